The number of aromatic nitrogens is 3. The highest BCUT2D eigenvalue weighted by molar-refractivity contribution is 7.86. The zero-order valence-corrected chi connectivity index (χ0v) is 15.6. The highest BCUT2D eigenvalue weighted by atomic mass is 32.2. The number of rotatable bonds is 7. The van der Waals surface area contributed by atoms with Crippen LogP contribution in [0.4, 0.5) is 5.95 Å². The molecule has 26 heavy (non-hydrogen) atoms. The average Bonchev–Trinajstić information content (AvgIpc) is 3.14. The highest BCUT2D eigenvalue weighted by Gasteiger charge is 2.20. The molecule has 0 radical (unpaired) electrons. The van der Waals surface area contributed by atoms with Gasteiger partial charge < -0.3 is 9.47 Å². The molecule has 1 aromatic heterocycles. The maximum atomic E-state index is 12.8. The van der Waals surface area contributed by atoms with Crippen molar-refractivity contribution < 1.29 is 13.7 Å². The van der Waals surface area contributed by atoms with E-state index >= 15 is 0 Å². The summed E-state index contributed by atoms with van der Waals surface area (Å²) in [6.07, 6.45) is 1.52. The predicted molar refractivity (Wildman–Crippen MR) is 101 cm³/mol. The van der Waals surface area contributed by atoms with E-state index in [2.05, 4.69) is 14.9 Å². The van der Waals surface area contributed by atoms with Gasteiger partial charge in [-0.2, -0.15) is 0 Å². The Morgan fingerprint density at radius 2 is 1.69 bits per heavy atom. The van der Waals surface area contributed by atoms with E-state index in [1.807, 2.05) is 55.5 Å². The molecule has 8 heteroatoms. The lowest BCUT2D eigenvalue weighted by atomic mass is 10.2. The van der Waals surface area contributed by atoms with Gasteiger partial charge >= 0.3 is 0 Å². The first kappa shape index (κ1) is 17.9. The van der Waals surface area contributed by atoms with Crippen molar-refractivity contribution in [2.24, 2.45) is 0 Å². The number of ether oxygens (including phenoxy) is 2. The molecular formula is C18H20N4O3S. The molecule has 7 nitrogen and oxygen atoms in total. The summed E-state index contributed by atoms with van der Waals surface area (Å²) in [6.45, 7) is 1.89. The average molecular weight is 372 g/mol. The van der Waals surface area contributed by atoms with Gasteiger partial charge in [-0.1, -0.05) is 36.4 Å². The topological polar surface area (TPSA) is 78.3 Å². The summed E-state index contributed by atoms with van der Waals surface area (Å²) in [6, 6.07) is 15.1. The summed E-state index contributed by atoms with van der Waals surface area (Å²) in [7, 11) is 1.75. The van der Waals surface area contributed by atoms with Crippen molar-refractivity contribution >= 4 is 16.9 Å². The molecule has 2 aromatic carbocycles. The number of nitrogens with one attached hydrogen (secondary N) is 1. The molecule has 0 aliphatic rings. The van der Waals surface area contributed by atoms with E-state index in [0.29, 0.717) is 23.1 Å². The molecule has 2 atom stereocenters. The molecule has 0 bridgehead atoms. The van der Waals surface area contributed by atoms with E-state index < -0.39 is 11.0 Å². The Morgan fingerprint density at radius 1 is 1.04 bits per heavy atom. The van der Waals surface area contributed by atoms with Crippen LogP contribution in [0.1, 0.15) is 17.7 Å². The molecule has 136 valence electrons. The first-order chi connectivity index (χ1) is 12.7. The van der Waals surface area contributed by atoms with Crippen molar-refractivity contribution in [2.75, 3.05) is 18.9 Å². The molecule has 1 heterocycles. The smallest absolute Gasteiger partial charge is 0.241 e. The molecule has 1 N–H and O–H groups in total. The van der Waals surface area contributed by atoms with Crippen LogP contribution in [-0.2, 0) is 11.0 Å². The van der Waals surface area contributed by atoms with Gasteiger partial charge in [-0.3, -0.25) is 9.29 Å². The largest absolute Gasteiger partial charge is 0.494 e. The van der Waals surface area contributed by atoms with Crippen molar-refractivity contribution in [3.8, 4) is 17.2 Å². The number of hydrogen-bond acceptors (Lipinski definition) is 5. The standard InChI is InChI=1S/C18H20N4O3S/c1-13(14-8-5-4-6-9-14)26(23)21-18-20-19-12-22(18)17-15(24-2)10-7-11-16(17)25-3/h4-13H,1-3H3,(H,20,21). The van der Waals surface area contributed by atoms with Crippen molar-refractivity contribution in [1.29, 1.82) is 0 Å². The third-order valence-corrected chi connectivity index (χ3v) is 5.27. The van der Waals surface area contributed by atoms with E-state index in [1.54, 1.807) is 18.8 Å². The van der Waals surface area contributed by atoms with Gasteiger partial charge in [-0.25, -0.2) is 4.21 Å². The van der Waals surface area contributed by atoms with Crippen LogP contribution in [0, 0.1) is 0 Å². The molecule has 0 aliphatic heterocycles. The van der Waals surface area contributed by atoms with Crippen molar-refractivity contribution in [3.63, 3.8) is 0 Å². The number of anilines is 1. The lowest BCUT2D eigenvalue weighted by Crippen LogP contribution is -2.15. The van der Waals surface area contributed by atoms with Gasteiger partial charge in [0.05, 0.1) is 19.5 Å². The fourth-order valence-corrected chi connectivity index (χ4v) is 3.46. The predicted octanol–water partition coefficient (Wildman–Crippen LogP) is 3.12. The minimum absolute atomic E-state index is 0.221. The van der Waals surface area contributed by atoms with Crippen molar-refractivity contribution in [1.82, 2.24) is 14.8 Å². The molecule has 0 aliphatic carbocycles. The van der Waals surface area contributed by atoms with Gasteiger partial charge in [-0.05, 0) is 24.6 Å². The summed E-state index contributed by atoms with van der Waals surface area (Å²) in [5.74, 6) is 1.53. The summed E-state index contributed by atoms with van der Waals surface area (Å²) in [4.78, 5) is 0. The van der Waals surface area contributed by atoms with Gasteiger partial charge in [0, 0.05) is 0 Å². The van der Waals surface area contributed by atoms with Gasteiger partial charge in [-0.15, -0.1) is 10.2 Å². The third-order valence-electron chi connectivity index (χ3n) is 3.97. The van der Waals surface area contributed by atoms with Crippen LogP contribution < -0.4 is 14.2 Å². The Morgan fingerprint density at radius 3 is 2.31 bits per heavy atom. The Labute approximate surface area is 154 Å². The number of hydrogen-bond donors (Lipinski definition) is 1. The summed E-state index contributed by atoms with van der Waals surface area (Å²) >= 11 is 0. The molecule has 3 aromatic rings. The number of nitrogens with zero attached hydrogens (tertiary/aromatic N) is 3. The van der Waals surface area contributed by atoms with Crippen LogP contribution in [-0.4, -0.2) is 33.2 Å². The molecule has 0 amide bonds. The van der Waals surface area contributed by atoms with Crippen LogP contribution in [0.5, 0.6) is 11.5 Å². The van der Waals surface area contributed by atoms with Gasteiger partial charge in [0.15, 0.2) is 0 Å². The molecule has 0 saturated carbocycles. The minimum Gasteiger partial charge on any atom is -0.494 e. The fraction of sp³-hybridized carbons (Fsp3) is 0.222. The van der Waals surface area contributed by atoms with Crippen LogP contribution in [0.3, 0.4) is 0 Å². The maximum Gasteiger partial charge on any atom is 0.241 e. The Kier molecular flexibility index (Phi) is 5.52. The maximum absolute atomic E-state index is 12.8. The third kappa shape index (κ3) is 3.55. The molecule has 0 spiro atoms. The van der Waals surface area contributed by atoms with Gasteiger partial charge in [0.1, 0.15) is 34.5 Å². The molecule has 0 fully saturated rings. The van der Waals surface area contributed by atoms with E-state index in [-0.39, 0.29) is 5.25 Å². The van der Waals surface area contributed by atoms with Gasteiger partial charge in [0.25, 0.3) is 0 Å². The zero-order valence-electron chi connectivity index (χ0n) is 14.7. The van der Waals surface area contributed by atoms with E-state index in [0.717, 1.165) is 5.56 Å². The van der Waals surface area contributed by atoms with E-state index in [1.165, 1.54) is 6.33 Å². The molecule has 2 unspecified atom stereocenters. The van der Waals surface area contributed by atoms with Crippen LogP contribution in [0.2, 0.25) is 0 Å². The number of para-hydroxylation sites is 1. The Hall–Kier alpha value is -2.87. The monoisotopic (exact) mass is 372 g/mol. The molecule has 3 rings (SSSR count). The lowest BCUT2D eigenvalue weighted by Gasteiger charge is -2.16. The summed E-state index contributed by atoms with van der Waals surface area (Å²) in [5, 5.41) is 7.78. The quantitative estimate of drug-likeness (QED) is 0.689. The Balaban J connectivity index is 1.92. The first-order valence-electron chi connectivity index (χ1n) is 7.99. The SMILES string of the molecule is COc1cccc(OC)c1-n1cnnc1NS(=O)C(C)c1ccccc1. The van der Waals surface area contributed by atoms with Crippen LogP contribution >= 0.6 is 0 Å². The fourth-order valence-electron chi connectivity index (χ4n) is 2.56. The van der Waals surface area contributed by atoms with Gasteiger partial charge in [0.2, 0.25) is 5.95 Å². The second-order valence-electron chi connectivity index (χ2n) is 5.49. The minimum atomic E-state index is -1.40. The molecule has 0 saturated heterocycles. The first-order valence-corrected chi connectivity index (χ1v) is 9.20. The van der Waals surface area contributed by atoms with Crippen LogP contribution in [0.25, 0.3) is 5.69 Å². The summed E-state index contributed by atoms with van der Waals surface area (Å²) in [5.41, 5.74) is 1.61. The van der Waals surface area contributed by atoms with E-state index in [9.17, 15) is 4.21 Å². The lowest BCUT2D eigenvalue weighted by molar-refractivity contribution is 0.391. The van der Waals surface area contributed by atoms with Crippen LogP contribution in [0.15, 0.2) is 54.9 Å². The second-order valence-corrected chi connectivity index (χ2v) is 6.99. The normalized spacial score (nSPS) is 13.0. The Bertz CT molecular complexity index is 876. The molecular weight excluding hydrogens is 352 g/mol. The zero-order chi connectivity index (χ0) is 18.5. The number of methoxy groups -OCH3 is 2. The highest BCUT2D eigenvalue weighted by Crippen LogP contribution is 2.34. The number of benzene rings is 2. The van der Waals surface area contributed by atoms with Crippen molar-refractivity contribution in [3.05, 3.63) is 60.4 Å². The summed E-state index contributed by atoms with van der Waals surface area (Å²) < 4.78 is 28.2. The second kappa shape index (κ2) is 8.01. The van der Waals surface area contributed by atoms with E-state index in [4.69, 9.17) is 9.47 Å². The van der Waals surface area contributed by atoms with Crippen molar-refractivity contribution in [2.45, 2.75) is 12.2 Å².